The molecule has 110 valence electrons. The summed E-state index contributed by atoms with van der Waals surface area (Å²) in [5.41, 5.74) is 5.71. The Balaban J connectivity index is 2.07. The number of methoxy groups -OCH3 is 1. The van der Waals surface area contributed by atoms with Gasteiger partial charge in [-0.05, 0) is 30.3 Å². The molecule has 6 heteroatoms. The zero-order valence-corrected chi connectivity index (χ0v) is 11.2. The Kier molecular flexibility index (Phi) is 4.37. The summed E-state index contributed by atoms with van der Waals surface area (Å²) in [6.45, 7) is -0.273. The lowest BCUT2D eigenvalue weighted by Gasteiger charge is -2.08. The van der Waals surface area contributed by atoms with Crippen molar-refractivity contribution in [2.24, 2.45) is 0 Å². The Hall–Kier alpha value is -2.63. The molecule has 0 unspecified atom stereocenters. The van der Waals surface area contributed by atoms with E-state index in [1.807, 2.05) is 0 Å². The van der Waals surface area contributed by atoms with Gasteiger partial charge in [0.2, 0.25) is 0 Å². The van der Waals surface area contributed by atoms with E-state index in [9.17, 15) is 13.6 Å². The van der Waals surface area contributed by atoms with Crippen molar-refractivity contribution in [1.82, 2.24) is 0 Å². The van der Waals surface area contributed by atoms with Crippen molar-refractivity contribution in [3.8, 4) is 5.75 Å². The molecule has 0 aromatic heterocycles. The van der Waals surface area contributed by atoms with Crippen LogP contribution in [0.25, 0.3) is 0 Å². The molecule has 0 heterocycles. The van der Waals surface area contributed by atoms with Crippen LogP contribution in [0.15, 0.2) is 36.4 Å². The number of nitrogens with two attached hydrogens (primary N) is 1. The van der Waals surface area contributed by atoms with Gasteiger partial charge in [0.1, 0.15) is 24.0 Å². The highest BCUT2D eigenvalue weighted by molar-refractivity contribution is 5.90. The van der Waals surface area contributed by atoms with Crippen LogP contribution in [0.4, 0.5) is 14.5 Å². The first-order chi connectivity index (χ1) is 9.99. The van der Waals surface area contributed by atoms with E-state index in [1.54, 1.807) is 6.07 Å². The van der Waals surface area contributed by atoms with Crippen molar-refractivity contribution in [3.63, 3.8) is 0 Å². The summed E-state index contributed by atoms with van der Waals surface area (Å²) in [4.78, 5) is 11.8. The van der Waals surface area contributed by atoms with E-state index in [2.05, 4.69) is 0 Å². The fourth-order valence-corrected chi connectivity index (χ4v) is 1.73. The molecule has 21 heavy (non-hydrogen) atoms. The summed E-state index contributed by atoms with van der Waals surface area (Å²) in [6.07, 6.45) is 0. The lowest BCUT2D eigenvalue weighted by atomic mass is 10.2. The molecule has 0 fully saturated rings. The SMILES string of the molecule is COc1ccc(COC(=O)c2cc(N)cc(F)c2)c(F)c1. The van der Waals surface area contributed by atoms with E-state index in [1.165, 1.54) is 25.3 Å². The number of esters is 1. The molecule has 0 atom stereocenters. The van der Waals surface area contributed by atoms with E-state index in [0.717, 1.165) is 12.1 Å². The number of rotatable bonds is 4. The Morgan fingerprint density at radius 3 is 2.57 bits per heavy atom. The molecular weight excluding hydrogens is 280 g/mol. The van der Waals surface area contributed by atoms with Crippen LogP contribution in [0.2, 0.25) is 0 Å². The standard InChI is InChI=1S/C15H13F2NO3/c1-20-13-3-2-9(14(17)7-13)8-21-15(19)10-4-11(16)6-12(18)5-10/h2-7H,8,18H2,1H3. The molecule has 2 aromatic carbocycles. The summed E-state index contributed by atoms with van der Waals surface area (Å²) >= 11 is 0. The second kappa shape index (κ2) is 6.21. The number of hydrogen-bond acceptors (Lipinski definition) is 4. The molecule has 0 spiro atoms. The number of anilines is 1. The maximum Gasteiger partial charge on any atom is 0.338 e. The van der Waals surface area contributed by atoms with Crippen LogP contribution in [0.1, 0.15) is 15.9 Å². The fraction of sp³-hybridized carbons (Fsp3) is 0.133. The predicted molar refractivity (Wildman–Crippen MR) is 72.9 cm³/mol. The number of nitrogen functional groups attached to an aromatic ring is 1. The average Bonchev–Trinajstić information content (AvgIpc) is 2.44. The normalized spacial score (nSPS) is 10.2. The van der Waals surface area contributed by atoms with Crippen LogP contribution < -0.4 is 10.5 Å². The Bertz CT molecular complexity index is 654. The average molecular weight is 293 g/mol. The van der Waals surface area contributed by atoms with Crippen molar-refractivity contribution >= 4 is 11.7 Å². The third-order valence-corrected chi connectivity index (χ3v) is 2.77. The van der Waals surface area contributed by atoms with Gasteiger partial charge < -0.3 is 15.2 Å². The lowest BCUT2D eigenvalue weighted by Crippen LogP contribution is -2.07. The number of carbonyl (C=O) groups excluding carboxylic acids is 1. The summed E-state index contributed by atoms with van der Waals surface area (Å²) < 4.78 is 36.6. The van der Waals surface area contributed by atoms with Gasteiger partial charge >= 0.3 is 5.97 Å². The van der Waals surface area contributed by atoms with Gasteiger partial charge in [0.15, 0.2) is 0 Å². The molecule has 0 aliphatic rings. The van der Waals surface area contributed by atoms with E-state index < -0.39 is 17.6 Å². The van der Waals surface area contributed by atoms with E-state index in [-0.39, 0.29) is 23.4 Å². The summed E-state index contributed by atoms with van der Waals surface area (Å²) in [5, 5.41) is 0. The number of benzene rings is 2. The van der Waals surface area contributed by atoms with Gasteiger partial charge in [-0.25, -0.2) is 13.6 Å². The molecule has 0 saturated carbocycles. The third kappa shape index (κ3) is 3.68. The van der Waals surface area contributed by atoms with Crippen LogP contribution in [0, 0.1) is 11.6 Å². The first-order valence-corrected chi connectivity index (χ1v) is 6.05. The van der Waals surface area contributed by atoms with Crippen molar-refractivity contribution in [3.05, 3.63) is 59.2 Å². The summed E-state index contributed by atoms with van der Waals surface area (Å²) in [5.74, 6) is -1.62. The Morgan fingerprint density at radius 1 is 1.19 bits per heavy atom. The largest absolute Gasteiger partial charge is 0.497 e. The fourth-order valence-electron chi connectivity index (χ4n) is 1.73. The van der Waals surface area contributed by atoms with Crippen LogP contribution in [0.3, 0.4) is 0 Å². The second-order valence-electron chi connectivity index (χ2n) is 4.31. The number of ether oxygens (including phenoxy) is 2. The quantitative estimate of drug-likeness (QED) is 0.695. The zero-order valence-electron chi connectivity index (χ0n) is 11.2. The van der Waals surface area contributed by atoms with Crippen molar-refractivity contribution in [2.45, 2.75) is 6.61 Å². The molecule has 0 saturated heterocycles. The van der Waals surface area contributed by atoms with Crippen molar-refractivity contribution in [2.75, 3.05) is 12.8 Å². The predicted octanol–water partition coefficient (Wildman–Crippen LogP) is 2.91. The minimum Gasteiger partial charge on any atom is -0.497 e. The maximum absolute atomic E-state index is 13.7. The van der Waals surface area contributed by atoms with Crippen LogP contribution in [-0.2, 0) is 11.3 Å². The molecule has 0 aliphatic heterocycles. The molecule has 0 amide bonds. The molecule has 2 N–H and O–H groups in total. The van der Waals surface area contributed by atoms with Crippen molar-refractivity contribution in [1.29, 1.82) is 0 Å². The smallest absolute Gasteiger partial charge is 0.338 e. The minimum absolute atomic E-state index is 0.0265. The summed E-state index contributed by atoms with van der Waals surface area (Å²) in [7, 11) is 1.42. The van der Waals surface area contributed by atoms with Crippen LogP contribution >= 0.6 is 0 Å². The topological polar surface area (TPSA) is 61.5 Å². The number of hydrogen-bond donors (Lipinski definition) is 1. The Morgan fingerprint density at radius 2 is 1.95 bits per heavy atom. The van der Waals surface area contributed by atoms with Gasteiger partial charge in [0.05, 0.1) is 12.7 Å². The first kappa shape index (κ1) is 14.8. The van der Waals surface area contributed by atoms with Crippen LogP contribution in [0.5, 0.6) is 5.75 Å². The number of halogens is 2. The lowest BCUT2D eigenvalue weighted by molar-refractivity contribution is 0.0468. The van der Waals surface area contributed by atoms with E-state index >= 15 is 0 Å². The zero-order chi connectivity index (χ0) is 15.4. The molecule has 2 rings (SSSR count). The van der Waals surface area contributed by atoms with Gasteiger partial charge in [-0.2, -0.15) is 0 Å². The highest BCUT2D eigenvalue weighted by atomic mass is 19.1. The molecule has 0 bridgehead atoms. The summed E-state index contributed by atoms with van der Waals surface area (Å²) in [6, 6.07) is 7.55. The van der Waals surface area contributed by atoms with Gasteiger partial charge in [0, 0.05) is 17.3 Å². The van der Waals surface area contributed by atoms with Crippen molar-refractivity contribution < 1.29 is 23.0 Å². The molecular formula is C15H13F2NO3. The maximum atomic E-state index is 13.7. The van der Waals surface area contributed by atoms with Gasteiger partial charge in [0.25, 0.3) is 0 Å². The molecule has 2 aromatic rings. The third-order valence-electron chi connectivity index (χ3n) is 2.77. The highest BCUT2D eigenvalue weighted by Gasteiger charge is 2.12. The number of carbonyl (C=O) groups is 1. The second-order valence-corrected chi connectivity index (χ2v) is 4.31. The van der Waals surface area contributed by atoms with E-state index in [4.69, 9.17) is 15.2 Å². The minimum atomic E-state index is -0.781. The highest BCUT2D eigenvalue weighted by Crippen LogP contribution is 2.18. The first-order valence-electron chi connectivity index (χ1n) is 6.05. The van der Waals surface area contributed by atoms with E-state index in [0.29, 0.717) is 5.75 Å². The van der Waals surface area contributed by atoms with Gasteiger partial charge in [-0.15, -0.1) is 0 Å². The molecule has 0 radical (unpaired) electrons. The van der Waals surface area contributed by atoms with Gasteiger partial charge in [-0.1, -0.05) is 0 Å². The molecule has 4 nitrogen and oxygen atoms in total. The monoisotopic (exact) mass is 293 g/mol. The van der Waals surface area contributed by atoms with Gasteiger partial charge in [-0.3, -0.25) is 0 Å². The molecule has 0 aliphatic carbocycles. The van der Waals surface area contributed by atoms with Crippen LogP contribution in [-0.4, -0.2) is 13.1 Å². The Labute approximate surface area is 120 Å².